The van der Waals surface area contributed by atoms with Crippen LogP contribution < -0.4 is 4.74 Å². The van der Waals surface area contributed by atoms with Crippen molar-refractivity contribution in [2.24, 2.45) is 5.41 Å². The van der Waals surface area contributed by atoms with Gasteiger partial charge in [-0.2, -0.15) is 0 Å². The van der Waals surface area contributed by atoms with Gasteiger partial charge in [-0.1, -0.05) is 90.9 Å². The molecule has 1 unspecified atom stereocenters. The van der Waals surface area contributed by atoms with Crippen LogP contribution in [0.15, 0.2) is 54.6 Å². The van der Waals surface area contributed by atoms with Gasteiger partial charge in [0.1, 0.15) is 18.5 Å². The molecule has 0 fully saturated rings. The lowest BCUT2D eigenvalue weighted by Crippen LogP contribution is -2.44. The van der Waals surface area contributed by atoms with E-state index in [1.807, 2.05) is 42.5 Å². The number of hydrogen-bond donors (Lipinski definition) is 1. The molecule has 0 spiro atoms. The third kappa shape index (κ3) is 6.83. The third-order valence-corrected chi connectivity index (χ3v) is 14.2. The molecule has 1 heterocycles. The van der Waals surface area contributed by atoms with Gasteiger partial charge in [-0.25, -0.2) is 0 Å². The van der Waals surface area contributed by atoms with E-state index < -0.39 is 14.4 Å². The Labute approximate surface area is 256 Å². The molecule has 6 heteroatoms. The minimum atomic E-state index is -2.04. The Morgan fingerprint density at radius 2 is 1.68 bits per heavy atom. The van der Waals surface area contributed by atoms with E-state index in [2.05, 4.69) is 96.3 Å². The molecule has 40 heavy (non-hydrogen) atoms. The Balaban J connectivity index is 1.71. The summed E-state index contributed by atoms with van der Waals surface area (Å²) in [4.78, 5) is 5.28. The number of hydrogen-bond acceptors (Lipinski definition) is 4. The molecule has 1 aliphatic carbocycles. The first kappa shape index (κ1) is 31.2. The molecule has 4 nitrogen and oxygen atoms in total. The second kappa shape index (κ2) is 11.9. The van der Waals surface area contributed by atoms with Gasteiger partial charge in [-0.15, -0.1) is 0 Å². The first-order valence-corrected chi connectivity index (χ1v) is 18.4. The van der Waals surface area contributed by atoms with Crippen molar-refractivity contribution in [1.29, 1.82) is 0 Å². The van der Waals surface area contributed by atoms with Crippen molar-refractivity contribution in [2.75, 3.05) is 0 Å². The zero-order valence-corrected chi connectivity index (χ0v) is 28.8. The zero-order chi connectivity index (χ0) is 29.5. The molecule has 0 radical (unpaired) electrons. The van der Waals surface area contributed by atoms with E-state index in [1.54, 1.807) is 0 Å². The predicted octanol–water partition coefficient (Wildman–Crippen LogP) is 9.51. The first-order chi connectivity index (χ1) is 18.6. The maximum Gasteiger partial charge on any atom is 0.192 e. The molecule has 0 bridgehead atoms. The SMILES string of the molecule is CC(C)c1nc2c(c(I)c1[C@@H](O)c1ccc(OCc3ccccc3)cc1)C(O[Si](C)(C)C(C)(C)C)CC(C)(C)C2. The van der Waals surface area contributed by atoms with Crippen LogP contribution >= 0.6 is 22.6 Å². The van der Waals surface area contributed by atoms with E-state index in [-0.39, 0.29) is 22.5 Å². The highest BCUT2D eigenvalue weighted by Crippen LogP contribution is 2.50. The molecule has 0 aliphatic heterocycles. The summed E-state index contributed by atoms with van der Waals surface area (Å²) in [5.74, 6) is 0.967. The summed E-state index contributed by atoms with van der Waals surface area (Å²) in [5.41, 5.74) is 6.27. The normalized spacial score (nSPS) is 17.9. The molecule has 0 amide bonds. The first-order valence-electron chi connectivity index (χ1n) is 14.4. The Morgan fingerprint density at radius 1 is 1.05 bits per heavy atom. The van der Waals surface area contributed by atoms with Crippen LogP contribution in [-0.2, 0) is 17.5 Å². The molecule has 2 aromatic carbocycles. The van der Waals surface area contributed by atoms with Crippen LogP contribution in [0.25, 0.3) is 0 Å². The fourth-order valence-corrected chi connectivity index (χ4v) is 7.72. The Bertz CT molecular complexity index is 1310. The Morgan fingerprint density at radius 3 is 2.25 bits per heavy atom. The molecule has 1 aliphatic rings. The number of benzene rings is 2. The highest BCUT2D eigenvalue weighted by atomic mass is 127. The number of rotatable bonds is 8. The van der Waals surface area contributed by atoms with Crippen molar-refractivity contribution in [2.45, 2.75) is 104 Å². The summed E-state index contributed by atoms with van der Waals surface area (Å²) in [5, 5.41) is 11.9. The number of pyridine rings is 1. The fourth-order valence-electron chi connectivity index (χ4n) is 5.23. The van der Waals surface area contributed by atoms with Gasteiger partial charge in [0.25, 0.3) is 0 Å². The zero-order valence-electron chi connectivity index (χ0n) is 25.6. The van der Waals surface area contributed by atoms with Crippen LogP contribution in [0.4, 0.5) is 0 Å². The second-order valence-electron chi connectivity index (χ2n) is 13.9. The van der Waals surface area contributed by atoms with Crippen molar-refractivity contribution in [3.05, 3.63) is 91.8 Å². The largest absolute Gasteiger partial charge is 0.489 e. The molecule has 216 valence electrons. The minimum Gasteiger partial charge on any atom is -0.489 e. The van der Waals surface area contributed by atoms with Crippen LogP contribution in [0.5, 0.6) is 5.75 Å². The minimum absolute atomic E-state index is 0.0278. The Hall–Kier alpha value is -1.74. The van der Waals surface area contributed by atoms with Gasteiger partial charge in [-0.05, 0) is 88.2 Å². The molecule has 4 rings (SSSR count). The average molecular weight is 672 g/mol. The number of nitrogens with zero attached hydrogens (tertiary/aromatic N) is 1. The average Bonchev–Trinajstić information content (AvgIpc) is 2.86. The second-order valence-corrected chi connectivity index (χ2v) is 19.7. The summed E-state index contributed by atoms with van der Waals surface area (Å²) < 4.78 is 14.2. The van der Waals surface area contributed by atoms with Crippen molar-refractivity contribution in [3.8, 4) is 5.75 Å². The molecule has 0 saturated carbocycles. The van der Waals surface area contributed by atoms with E-state index in [4.69, 9.17) is 14.1 Å². The Kier molecular flexibility index (Phi) is 9.25. The number of fused-ring (bicyclic) bond motifs is 1. The lowest BCUT2D eigenvalue weighted by molar-refractivity contribution is 0.104. The lowest BCUT2D eigenvalue weighted by Gasteiger charge is -2.44. The molecule has 1 aromatic heterocycles. The van der Waals surface area contributed by atoms with E-state index in [0.29, 0.717) is 6.61 Å². The molecular weight excluding hydrogens is 625 g/mol. The van der Waals surface area contributed by atoms with E-state index >= 15 is 0 Å². The maximum absolute atomic E-state index is 11.8. The van der Waals surface area contributed by atoms with Gasteiger partial charge in [-0.3, -0.25) is 4.98 Å². The van der Waals surface area contributed by atoms with Crippen molar-refractivity contribution < 1.29 is 14.3 Å². The van der Waals surface area contributed by atoms with Gasteiger partial charge < -0.3 is 14.3 Å². The van der Waals surface area contributed by atoms with Crippen LogP contribution in [-0.4, -0.2) is 18.4 Å². The highest BCUT2D eigenvalue weighted by Gasteiger charge is 2.44. The fraction of sp³-hybridized carbons (Fsp3) is 0.500. The van der Waals surface area contributed by atoms with Crippen molar-refractivity contribution in [3.63, 3.8) is 0 Å². The number of aromatic nitrogens is 1. The smallest absolute Gasteiger partial charge is 0.192 e. The summed E-state index contributed by atoms with van der Waals surface area (Å²) in [7, 11) is -2.04. The van der Waals surface area contributed by atoms with Crippen molar-refractivity contribution in [1.82, 2.24) is 4.98 Å². The van der Waals surface area contributed by atoms with Gasteiger partial charge in [0, 0.05) is 20.4 Å². The number of ether oxygens (including phenoxy) is 1. The van der Waals surface area contributed by atoms with Crippen LogP contribution in [0.3, 0.4) is 0 Å². The topological polar surface area (TPSA) is 51.6 Å². The number of halogens is 1. The predicted molar refractivity (Wildman–Crippen MR) is 175 cm³/mol. The molecule has 3 aromatic rings. The summed E-state index contributed by atoms with van der Waals surface area (Å²) in [6.45, 7) is 21.0. The maximum atomic E-state index is 11.8. The number of aliphatic hydroxyl groups is 1. The lowest BCUT2D eigenvalue weighted by atomic mass is 9.74. The standard InChI is InChI=1S/C34H46INO3Si/c1-22(2)31-29(32(37)24-15-17-25(18-16-24)38-21-23-13-11-10-12-14-23)30(35)28-26(36-31)19-34(6,7)20-27(28)39-40(8,9)33(3,4)5/h10-18,22,27,32,37H,19-21H2,1-9H3/t27?,32-/m0/s1. The molecular formula is C34H46INO3Si. The van der Waals surface area contributed by atoms with Gasteiger partial charge in [0.05, 0.1) is 11.8 Å². The van der Waals surface area contributed by atoms with E-state index in [0.717, 1.165) is 50.2 Å². The summed E-state index contributed by atoms with van der Waals surface area (Å²) in [6, 6.07) is 18.0. The summed E-state index contributed by atoms with van der Waals surface area (Å²) in [6.07, 6.45) is 1.06. The van der Waals surface area contributed by atoms with Gasteiger partial charge >= 0.3 is 0 Å². The van der Waals surface area contributed by atoms with Gasteiger partial charge in [0.2, 0.25) is 0 Å². The molecule has 0 saturated heterocycles. The molecule has 2 atom stereocenters. The van der Waals surface area contributed by atoms with Crippen LogP contribution in [0.2, 0.25) is 18.1 Å². The van der Waals surface area contributed by atoms with E-state index in [1.165, 1.54) is 5.56 Å². The highest BCUT2D eigenvalue weighted by molar-refractivity contribution is 14.1. The third-order valence-electron chi connectivity index (χ3n) is 8.53. The molecule has 1 N–H and O–H groups in total. The summed E-state index contributed by atoms with van der Waals surface area (Å²) >= 11 is 2.46. The van der Waals surface area contributed by atoms with Crippen molar-refractivity contribution >= 4 is 30.9 Å². The van der Waals surface area contributed by atoms with E-state index in [9.17, 15) is 5.11 Å². The van der Waals surface area contributed by atoms with Crippen LogP contribution in [0.1, 0.15) is 107 Å². The van der Waals surface area contributed by atoms with Gasteiger partial charge in [0.15, 0.2) is 8.32 Å². The number of aliphatic hydroxyl groups excluding tert-OH is 1. The van der Waals surface area contributed by atoms with Crippen LogP contribution in [0, 0.1) is 8.99 Å². The monoisotopic (exact) mass is 671 g/mol. The quantitative estimate of drug-likeness (QED) is 0.192.